The first-order valence-electron chi connectivity index (χ1n) is 7.69. The van der Waals surface area contributed by atoms with Gasteiger partial charge in [-0.3, -0.25) is 4.79 Å². The molecule has 1 atom stereocenters. The molecule has 0 fully saturated rings. The molecule has 2 aromatic rings. The standard InChI is InChI=1S/C19H22FNO3/c1-13(16-7-5-6-8-17(16)20)21(2)19(22)12-14-11-15(23-3)9-10-18(14)24-4/h5-11,13H,12H2,1-4H3. The fourth-order valence-electron chi connectivity index (χ4n) is 2.55. The van der Waals surface area contributed by atoms with Gasteiger partial charge in [-0.2, -0.15) is 0 Å². The lowest BCUT2D eigenvalue weighted by atomic mass is 10.0. The fourth-order valence-corrected chi connectivity index (χ4v) is 2.55. The van der Waals surface area contributed by atoms with E-state index in [0.717, 1.165) is 5.56 Å². The highest BCUT2D eigenvalue weighted by molar-refractivity contribution is 5.80. The van der Waals surface area contributed by atoms with E-state index in [0.29, 0.717) is 17.1 Å². The number of carbonyl (C=O) groups is 1. The molecule has 4 nitrogen and oxygen atoms in total. The van der Waals surface area contributed by atoms with Crippen molar-refractivity contribution in [1.29, 1.82) is 0 Å². The lowest BCUT2D eigenvalue weighted by Crippen LogP contribution is -2.31. The fraction of sp³-hybridized carbons (Fsp3) is 0.316. The average molecular weight is 331 g/mol. The highest BCUT2D eigenvalue weighted by Gasteiger charge is 2.21. The first-order chi connectivity index (χ1) is 11.5. The van der Waals surface area contributed by atoms with Gasteiger partial charge in [0.05, 0.1) is 26.7 Å². The molecule has 0 aliphatic carbocycles. The molecule has 0 saturated carbocycles. The Labute approximate surface area is 141 Å². The summed E-state index contributed by atoms with van der Waals surface area (Å²) in [7, 11) is 4.80. The van der Waals surface area contributed by atoms with E-state index in [1.54, 1.807) is 64.6 Å². The van der Waals surface area contributed by atoms with Crippen molar-refractivity contribution >= 4 is 5.91 Å². The average Bonchev–Trinajstić information content (AvgIpc) is 2.60. The summed E-state index contributed by atoms with van der Waals surface area (Å²) in [5.74, 6) is 0.834. The lowest BCUT2D eigenvalue weighted by molar-refractivity contribution is -0.131. The quantitative estimate of drug-likeness (QED) is 0.812. The summed E-state index contributed by atoms with van der Waals surface area (Å²) < 4.78 is 24.4. The molecule has 1 unspecified atom stereocenters. The predicted octanol–water partition coefficient (Wildman–Crippen LogP) is 3.61. The van der Waals surface area contributed by atoms with Gasteiger partial charge < -0.3 is 14.4 Å². The van der Waals surface area contributed by atoms with E-state index in [2.05, 4.69) is 0 Å². The number of halogens is 1. The maximum Gasteiger partial charge on any atom is 0.227 e. The lowest BCUT2D eigenvalue weighted by Gasteiger charge is -2.26. The van der Waals surface area contributed by atoms with Crippen LogP contribution >= 0.6 is 0 Å². The van der Waals surface area contributed by atoms with Gasteiger partial charge in [0.25, 0.3) is 0 Å². The Hall–Kier alpha value is -2.56. The molecule has 1 amide bonds. The van der Waals surface area contributed by atoms with Crippen LogP contribution in [-0.4, -0.2) is 32.1 Å². The first-order valence-corrected chi connectivity index (χ1v) is 7.69. The normalized spacial score (nSPS) is 11.7. The van der Waals surface area contributed by atoms with Gasteiger partial charge in [-0.1, -0.05) is 18.2 Å². The number of methoxy groups -OCH3 is 2. The Morgan fingerprint density at radius 2 is 1.88 bits per heavy atom. The van der Waals surface area contributed by atoms with Gasteiger partial charge in [0.2, 0.25) is 5.91 Å². The molecule has 2 rings (SSSR count). The van der Waals surface area contributed by atoms with Crippen molar-refractivity contribution in [3.63, 3.8) is 0 Å². The summed E-state index contributed by atoms with van der Waals surface area (Å²) >= 11 is 0. The zero-order valence-corrected chi connectivity index (χ0v) is 14.4. The van der Waals surface area contributed by atoms with E-state index in [1.165, 1.54) is 11.0 Å². The Kier molecular flexibility index (Phi) is 5.79. The van der Waals surface area contributed by atoms with Gasteiger partial charge in [0.15, 0.2) is 0 Å². The molecule has 0 aliphatic rings. The summed E-state index contributed by atoms with van der Waals surface area (Å²) in [6.07, 6.45) is 0.148. The van der Waals surface area contributed by atoms with Crippen LogP contribution < -0.4 is 9.47 Å². The molecular formula is C19H22FNO3. The van der Waals surface area contributed by atoms with Crippen LogP contribution in [0.1, 0.15) is 24.1 Å². The second-order valence-corrected chi connectivity index (χ2v) is 5.56. The number of carbonyl (C=O) groups excluding carboxylic acids is 1. The van der Waals surface area contributed by atoms with E-state index >= 15 is 0 Å². The Bertz CT molecular complexity index is 718. The van der Waals surface area contributed by atoms with E-state index < -0.39 is 0 Å². The van der Waals surface area contributed by atoms with E-state index in [1.807, 2.05) is 0 Å². The van der Waals surface area contributed by atoms with Crippen LogP contribution in [0, 0.1) is 5.82 Å². The van der Waals surface area contributed by atoms with E-state index in [-0.39, 0.29) is 24.2 Å². The van der Waals surface area contributed by atoms with Crippen molar-refractivity contribution < 1.29 is 18.7 Å². The predicted molar refractivity (Wildman–Crippen MR) is 90.8 cm³/mol. The summed E-state index contributed by atoms with van der Waals surface area (Å²) in [6.45, 7) is 1.80. The van der Waals surface area contributed by atoms with Crippen molar-refractivity contribution in [2.24, 2.45) is 0 Å². The minimum atomic E-state index is -0.365. The van der Waals surface area contributed by atoms with Crippen molar-refractivity contribution in [2.45, 2.75) is 19.4 Å². The smallest absolute Gasteiger partial charge is 0.227 e. The number of hydrogen-bond acceptors (Lipinski definition) is 3. The highest BCUT2D eigenvalue weighted by atomic mass is 19.1. The number of likely N-dealkylation sites (N-methyl/N-ethyl adjacent to an activating group) is 1. The monoisotopic (exact) mass is 331 g/mol. The maximum absolute atomic E-state index is 13.9. The van der Waals surface area contributed by atoms with Crippen LogP contribution in [0.3, 0.4) is 0 Å². The molecule has 5 heteroatoms. The molecule has 128 valence electrons. The summed E-state index contributed by atoms with van der Waals surface area (Å²) in [4.78, 5) is 14.2. The van der Waals surface area contributed by atoms with Gasteiger partial charge in [-0.25, -0.2) is 4.39 Å². The number of benzene rings is 2. The van der Waals surface area contributed by atoms with Gasteiger partial charge in [-0.15, -0.1) is 0 Å². The maximum atomic E-state index is 13.9. The Balaban J connectivity index is 2.19. The highest BCUT2D eigenvalue weighted by Crippen LogP contribution is 2.27. The number of rotatable bonds is 6. The molecular weight excluding hydrogens is 309 g/mol. The van der Waals surface area contributed by atoms with E-state index in [9.17, 15) is 9.18 Å². The number of ether oxygens (including phenoxy) is 2. The number of nitrogens with zero attached hydrogens (tertiary/aromatic N) is 1. The second-order valence-electron chi connectivity index (χ2n) is 5.56. The molecule has 2 aromatic carbocycles. The van der Waals surface area contributed by atoms with Crippen molar-refractivity contribution in [1.82, 2.24) is 4.90 Å². The molecule has 0 aromatic heterocycles. The molecule has 0 N–H and O–H groups in total. The molecule has 0 aliphatic heterocycles. The topological polar surface area (TPSA) is 38.8 Å². The molecule has 0 spiro atoms. The van der Waals surface area contributed by atoms with Crippen LogP contribution in [0.15, 0.2) is 42.5 Å². The second kappa shape index (κ2) is 7.81. The van der Waals surface area contributed by atoms with Crippen LogP contribution in [0.5, 0.6) is 11.5 Å². The molecule has 0 saturated heterocycles. The summed E-state index contributed by atoms with van der Waals surface area (Å²) in [5.41, 5.74) is 1.22. The third kappa shape index (κ3) is 3.85. The number of amides is 1. The van der Waals surface area contributed by atoms with Gasteiger partial charge in [-0.05, 0) is 31.2 Å². The van der Waals surface area contributed by atoms with Crippen molar-refractivity contribution in [3.8, 4) is 11.5 Å². The first kappa shape index (κ1) is 17.8. The third-order valence-corrected chi connectivity index (χ3v) is 4.16. The van der Waals surface area contributed by atoms with Gasteiger partial charge in [0.1, 0.15) is 17.3 Å². The van der Waals surface area contributed by atoms with Crippen LogP contribution in [0.25, 0.3) is 0 Å². The zero-order chi connectivity index (χ0) is 17.7. The number of hydrogen-bond donors (Lipinski definition) is 0. The minimum Gasteiger partial charge on any atom is -0.497 e. The Morgan fingerprint density at radius 3 is 2.50 bits per heavy atom. The SMILES string of the molecule is COc1ccc(OC)c(CC(=O)N(C)C(C)c2ccccc2F)c1. The molecule has 0 heterocycles. The van der Waals surface area contributed by atoms with Gasteiger partial charge in [0, 0.05) is 18.2 Å². The van der Waals surface area contributed by atoms with Crippen LogP contribution in [0.4, 0.5) is 4.39 Å². The van der Waals surface area contributed by atoms with Crippen molar-refractivity contribution in [2.75, 3.05) is 21.3 Å². The van der Waals surface area contributed by atoms with Crippen LogP contribution in [-0.2, 0) is 11.2 Å². The third-order valence-electron chi connectivity index (χ3n) is 4.16. The molecule has 0 bridgehead atoms. The zero-order valence-electron chi connectivity index (χ0n) is 14.4. The van der Waals surface area contributed by atoms with Crippen LogP contribution in [0.2, 0.25) is 0 Å². The van der Waals surface area contributed by atoms with Gasteiger partial charge >= 0.3 is 0 Å². The van der Waals surface area contributed by atoms with Crippen molar-refractivity contribution in [3.05, 3.63) is 59.4 Å². The summed E-state index contributed by atoms with van der Waals surface area (Å²) in [5, 5.41) is 0. The van der Waals surface area contributed by atoms with E-state index in [4.69, 9.17) is 9.47 Å². The summed E-state index contributed by atoms with van der Waals surface area (Å²) in [6, 6.07) is 11.4. The largest absolute Gasteiger partial charge is 0.497 e. The Morgan fingerprint density at radius 1 is 1.17 bits per heavy atom. The molecule has 0 radical (unpaired) electrons. The molecule has 24 heavy (non-hydrogen) atoms. The minimum absolute atomic E-state index is 0.127.